The number of hydrogen-bond donors (Lipinski definition) is 1. The van der Waals surface area contributed by atoms with E-state index in [1.807, 2.05) is 0 Å². The lowest BCUT2D eigenvalue weighted by Gasteiger charge is -2.40. The molecule has 2 unspecified atom stereocenters. The van der Waals surface area contributed by atoms with Gasteiger partial charge < -0.3 is 5.11 Å². The Hall–Kier alpha value is -0.570. The molecule has 1 saturated heterocycles. The zero-order valence-electron chi connectivity index (χ0n) is 9.32. The highest BCUT2D eigenvalue weighted by Crippen LogP contribution is 2.30. The molecule has 1 heterocycles. The molecule has 0 radical (unpaired) electrons. The molecule has 15 heavy (non-hydrogen) atoms. The highest BCUT2D eigenvalue weighted by Gasteiger charge is 2.34. The Morgan fingerprint density at radius 1 is 1.00 bits per heavy atom. The summed E-state index contributed by atoms with van der Waals surface area (Å²) in [5.74, 6) is -0.679. The molecule has 1 saturated carbocycles. The zero-order chi connectivity index (χ0) is 10.7. The van der Waals surface area contributed by atoms with E-state index in [0.717, 1.165) is 32.4 Å². The Kier molecular flexibility index (Phi) is 3.62. The second-order valence-corrected chi connectivity index (χ2v) is 4.89. The van der Waals surface area contributed by atoms with E-state index in [0.29, 0.717) is 6.04 Å². The molecule has 1 aliphatic heterocycles. The molecular weight excluding hydrogens is 190 g/mol. The summed E-state index contributed by atoms with van der Waals surface area (Å²) < 4.78 is 0. The Labute approximate surface area is 91.5 Å². The third-order valence-electron chi connectivity index (χ3n) is 3.91. The molecule has 2 rings (SSSR count). The van der Waals surface area contributed by atoms with Gasteiger partial charge in [0.15, 0.2) is 0 Å². The average Bonchev–Trinajstić information content (AvgIpc) is 2.30. The van der Waals surface area contributed by atoms with Crippen molar-refractivity contribution in [1.82, 2.24) is 4.90 Å². The SMILES string of the molecule is O=C(O)C1CCCCC1N1CCCCC1. The van der Waals surface area contributed by atoms with E-state index in [1.54, 1.807) is 0 Å². The molecule has 0 aromatic rings. The quantitative estimate of drug-likeness (QED) is 0.760. The second-order valence-electron chi connectivity index (χ2n) is 4.89. The first-order chi connectivity index (χ1) is 7.29. The molecule has 86 valence electrons. The first kappa shape index (κ1) is 10.9. The Morgan fingerprint density at radius 2 is 1.67 bits per heavy atom. The topological polar surface area (TPSA) is 40.5 Å². The lowest BCUT2D eigenvalue weighted by Crippen LogP contribution is -2.47. The van der Waals surface area contributed by atoms with Crippen LogP contribution in [0.15, 0.2) is 0 Å². The van der Waals surface area contributed by atoms with Gasteiger partial charge in [0.05, 0.1) is 5.92 Å². The van der Waals surface area contributed by atoms with Crippen LogP contribution in [-0.4, -0.2) is 35.1 Å². The summed E-state index contributed by atoms with van der Waals surface area (Å²) in [6.07, 6.45) is 8.12. The van der Waals surface area contributed by atoms with Crippen molar-refractivity contribution < 1.29 is 9.90 Å². The fourth-order valence-electron chi connectivity index (χ4n) is 3.09. The molecule has 0 aromatic heterocycles. The number of rotatable bonds is 2. The zero-order valence-corrected chi connectivity index (χ0v) is 9.32. The summed E-state index contributed by atoms with van der Waals surface area (Å²) in [4.78, 5) is 13.6. The number of carboxylic acid groups (broad SMARTS) is 1. The van der Waals surface area contributed by atoms with Gasteiger partial charge in [0.25, 0.3) is 0 Å². The van der Waals surface area contributed by atoms with Crippen molar-refractivity contribution in [2.45, 2.75) is 51.0 Å². The van der Waals surface area contributed by atoms with E-state index in [9.17, 15) is 9.90 Å². The van der Waals surface area contributed by atoms with Crippen molar-refractivity contribution in [1.29, 1.82) is 0 Å². The van der Waals surface area contributed by atoms with Gasteiger partial charge in [-0.2, -0.15) is 0 Å². The van der Waals surface area contributed by atoms with Crippen LogP contribution in [0, 0.1) is 5.92 Å². The molecule has 0 amide bonds. The summed E-state index contributed by atoms with van der Waals surface area (Å²) in [5, 5.41) is 9.21. The van der Waals surface area contributed by atoms with Gasteiger partial charge in [-0.3, -0.25) is 9.69 Å². The van der Waals surface area contributed by atoms with E-state index >= 15 is 0 Å². The van der Waals surface area contributed by atoms with Crippen molar-refractivity contribution in [2.24, 2.45) is 5.92 Å². The van der Waals surface area contributed by atoms with E-state index in [-0.39, 0.29) is 5.92 Å². The van der Waals surface area contributed by atoms with Gasteiger partial charge in [-0.05, 0) is 38.8 Å². The van der Waals surface area contributed by atoms with Gasteiger partial charge in [0, 0.05) is 6.04 Å². The molecular formula is C12H21NO2. The smallest absolute Gasteiger partial charge is 0.308 e. The predicted molar refractivity (Wildman–Crippen MR) is 58.8 cm³/mol. The number of likely N-dealkylation sites (tertiary alicyclic amines) is 1. The number of hydrogen-bond acceptors (Lipinski definition) is 2. The summed E-state index contributed by atoms with van der Waals surface area (Å²) >= 11 is 0. The van der Waals surface area contributed by atoms with Crippen LogP contribution in [0.2, 0.25) is 0 Å². The monoisotopic (exact) mass is 211 g/mol. The van der Waals surface area contributed by atoms with Crippen molar-refractivity contribution in [3.8, 4) is 0 Å². The number of aliphatic carboxylic acids is 1. The average molecular weight is 211 g/mol. The molecule has 2 aliphatic rings. The fraction of sp³-hybridized carbons (Fsp3) is 0.917. The van der Waals surface area contributed by atoms with E-state index < -0.39 is 5.97 Å². The van der Waals surface area contributed by atoms with Crippen LogP contribution in [-0.2, 0) is 4.79 Å². The molecule has 0 aromatic carbocycles. The largest absolute Gasteiger partial charge is 0.481 e. The van der Waals surface area contributed by atoms with E-state index in [4.69, 9.17) is 0 Å². The van der Waals surface area contributed by atoms with Crippen molar-refractivity contribution in [3.63, 3.8) is 0 Å². The van der Waals surface area contributed by atoms with E-state index in [2.05, 4.69) is 4.90 Å². The molecule has 1 aliphatic carbocycles. The summed E-state index contributed by atoms with van der Waals surface area (Å²) in [5.41, 5.74) is 0. The summed E-state index contributed by atoms with van der Waals surface area (Å²) in [6, 6.07) is 0.330. The fourth-order valence-corrected chi connectivity index (χ4v) is 3.09. The maximum Gasteiger partial charge on any atom is 0.308 e. The minimum absolute atomic E-state index is 0.100. The van der Waals surface area contributed by atoms with Crippen LogP contribution < -0.4 is 0 Å². The normalized spacial score (nSPS) is 33.9. The standard InChI is InChI=1S/C12H21NO2/c14-12(15)10-6-2-3-7-11(10)13-8-4-1-5-9-13/h10-11H,1-9H2,(H,14,15). The van der Waals surface area contributed by atoms with Crippen LogP contribution in [0.1, 0.15) is 44.9 Å². The van der Waals surface area contributed by atoms with Crippen LogP contribution >= 0.6 is 0 Å². The molecule has 1 N–H and O–H groups in total. The Balaban J connectivity index is 1.99. The highest BCUT2D eigenvalue weighted by molar-refractivity contribution is 5.71. The predicted octanol–water partition coefficient (Wildman–Crippen LogP) is 2.12. The summed E-state index contributed by atoms with van der Waals surface area (Å²) in [6.45, 7) is 2.24. The summed E-state index contributed by atoms with van der Waals surface area (Å²) in [7, 11) is 0. The lowest BCUT2D eigenvalue weighted by molar-refractivity contribution is -0.145. The molecule has 0 spiro atoms. The molecule has 2 fully saturated rings. The highest BCUT2D eigenvalue weighted by atomic mass is 16.4. The van der Waals surface area contributed by atoms with Crippen LogP contribution in [0.3, 0.4) is 0 Å². The number of carboxylic acids is 1. The number of piperidine rings is 1. The maximum absolute atomic E-state index is 11.2. The second kappa shape index (κ2) is 4.97. The third-order valence-corrected chi connectivity index (χ3v) is 3.91. The van der Waals surface area contributed by atoms with Gasteiger partial charge in [-0.15, -0.1) is 0 Å². The number of nitrogens with zero attached hydrogens (tertiary/aromatic N) is 1. The molecule has 2 atom stereocenters. The Bertz CT molecular complexity index is 224. The minimum atomic E-state index is -0.578. The molecule has 3 heteroatoms. The number of carbonyl (C=O) groups is 1. The van der Waals surface area contributed by atoms with Gasteiger partial charge in [-0.25, -0.2) is 0 Å². The van der Waals surface area contributed by atoms with Gasteiger partial charge in [0.2, 0.25) is 0 Å². The van der Waals surface area contributed by atoms with Gasteiger partial charge in [0.1, 0.15) is 0 Å². The molecule has 0 bridgehead atoms. The lowest BCUT2D eigenvalue weighted by atomic mass is 9.83. The van der Waals surface area contributed by atoms with Crippen LogP contribution in [0.5, 0.6) is 0 Å². The van der Waals surface area contributed by atoms with Crippen LogP contribution in [0.25, 0.3) is 0 Å². The third kappa shape index (κ3) is 2.51. The minimum Gasteiger partial charge on any atom is -0.481 e. The van der Waals surface area contributed by atoms with Gasteiger partial charge in [-0.1, -0.05) is 19.3 Å². The molecule has 3 nitrogen and oxygen atoms in total. The van der Waals surface area contributed by atoms with E-state index in [1.165, 1.54) is 25.7 Å². The maximum atomic E-state index is 11.2. The van der Waals surface area contributed by atoms with Gasteiger partial charge >= 0.3 is 5.97 Å². The van der Waals surface area contributed by atoms with Crippen LogP contribution in [0.4, 0.5) is 0 Å². The van der Waals surface area contributed by atoms with Crippen molar-refractivity contribution in [3.05, 3.63) is 0 Å². The van der Waals surface area contributed by atoms with Crippen molar-refractivity contribution >= 4 is 5.97 Å². The first-order valence-corrected chi connectivity index (χ1v) is 6.26. The van der Waals surface area contributed by atoms with Crippen molar-refractivity contribution in [2.75, 3.05) is 13.1 Å². The first-order valence-electron chi connectivity index (χ1n) is 6.26. The Morgan fingerprint density at radius 3 is 2.33 bits per heavy atom.